The Morgan fingerprint density at radius 2 is 1.20 bits per heavy atom. The SMILES string of the molecule is [C-]#[N+]c1ccc2c(c1)c1c3c(ccc1n2-c1ccc2oc4ccc(-n5c6ccccc6c6cc(C#N)ccc65)cc4c2c1)sc1ccccc13. The highest BCUT2D eigenvalue weighted by Crippen LogP contribution is 2.45. The standard InChI is InChI=1S/C44H22N4OS/c1-46-26-11-15-37-34(21-26)43-38(16-19-42-44(43)30-7-3-5-9-41(30)50-42)48(37)28-13-18-40-33(23-28)32-22-27(12-17-39(32)49-40)47-35-8-4-2-6-29(35)31-20-25(24-45)10-14-36(31)47/h2-23H. The van der Waals surface area contributed by atoms with Gasteiger partial charge < -0.3 is 13.6 Å². The molecule has 0 aliphatic rings. The average Bonchev–Trinajstić information content (AvgIpc) is 3.91. The van der Waals surface area contributed by atoms with E-state index in [1.807, 2.05) is 47.7 Å². The molecule has 11 rings (SSSR count). The summed E-state index contributed by atoms with van der Waals surface area (Å²) in [6.07, 6.45) is 0. The van der Waals surface area contributed by atoms with Crippen LogP contribution in [0.25, 0.3) is 102 Å². The lowest BCUT2D eigenvalue weighted by Gasteiger charge is -2.09. The van der Waals surface area contributed by atoms with E-state index in [2.05, 4.69) is 117 Å². The van der Waals surface area contributed by atoms with E-state index in [1.54, 1.807) is 0 Å². The summed E-state index contributed by atoms with van der Waals surface area (Å²) in [6, 6.07) is 48.4. The molecular formula is C44H22N4OS. The summed E-state index contributed by atoms with van der Waals surface area (Å²) in [5.74, 6) is 0. The van der Waals surface area contributed by atoms with Crippen molar-refractivity contribution in [3.63, 3.8) is 0 Å². The molecule has 0 saturated carbocycles. The second-order valence-electron chi connectivity index (χ2n) is 12.7. The molecule has 5 nitrogen and oxygen atoms in total. The summed E-state index contributed by atoms with van der Waals surface area (Å²) in [7, 11) is 0. The van der Waals surface area contributed by atoms with Gasteiger partial charge in [0.2, 0.25) is 0 Å². The Morgan fingerprint density at radius 1 is 0.540 bits per heavy atom. The van der Waals surface area contributed by atoms with Crippen LogP contribution in [0.4, 0.5) is 5.69 Å². The second kappa shape index (κ2) is 9.84. The number of nitrogens with zero attached hydrogens (tertiary/aromatic N) is 4. The highest BCUT2D eigenvalue weighted by Gasteiger charge is 2.20. The zero-order valence-electron chi connectivity index (χ0n) is 26.3. The minimum Gasteiger partial charge on any atom is -0.456 e. The van der Waals surface area contributed by atoms with Crippen LogP contribution in [-0.2, 0) is 0 Å². The maximum atomic E-state index is 9.62. The Labute approximate surface area is 288 Å². The molecule has 11 aromatic rings. The number of nitriles is 1. The van der Waals surface area contributed by atoms with Crippen LogP contribution in [0.15, 0.2) is 138 Å². The van der Waals surface area contributed by atoms with Crippen molar-refractivity contribution in [1.29, 1.82) is 5.26 Å². The van der Waals surface area contributed by atoms with E-state index < -0.39 is 0 Å². The van der Waals surface area contributed by atoms with E-state index in [0.717, 1.165) is 71.5 Å². The number of benzene rings is 7. The number of para-hydroxylation sites is 1. The van der Waals surface area contributed by atoms with Crippen molar-refractivity contribution in [3.8, 4) is 17.4 Å². The van der Waals surface area contributed by atoms with Gasteiger partial charge in [0.15, 0.2) is 5.69 Å². The molecule has 0 radical (unpaired) electrons. The van der Waals surface area contributed by atoms with E-state index in [0.29, 0.717) is 11.3 Å². The van der Waals surface area contributed by atoms with Crippen LogP contribution in [0, 0.1) is 17.9 Å². The number of rotatable bonds is 2. The molecule has 4 heterocycles. The summed E-state index contributed by atoms with van der Waals surface area (Å²) in [5.41, 5.74) is 9.28. The number of thiophene rings is 1. The fourth-order valence-corrected chi connectivity index (χ4v) is 9.13. The Bertz CT molecular complexity index is 3360. The Balaban J connectivity index is 1.19. The Morgan fingerprint density at radius 3 is 1.98 bits per heavy atom. The van der Waals surface area contributed by atoms with Gasteiger partial charge in [0.25, 0.3) is 0 Å². The first kappa shape index (κ1) is 27.1. The topological polar surface area (TPSA) is 51.1 Å². The molecule has 7 aromatic carbocycles. The van der Waals surface area contributed by atoms with Crippen LogP contribution in [0.2, 0.25) is 0 Å². The highest BCUT2D eigenvalue weighted by atomic mass is 32.1. The van der Waals surface area contributed by atoms with Crippen LogP contribution < -0.4 is 0 Å². The molecule has 6 heteroatoms. The first-order valence-electron chi connectivity index (χ1n) is 16.3. The third-order valence-corrected chi connectivity index (χ3v) is 11.3. The number of aromatic nitrogens is 2. The van der Waals surface area contributed by atoms with Crippen LogP contribution in [0.5, 0.6) is 0 Å². The number of hydrogen-bond donors (Lipinski definition) is 0. The smallest absolute Gasteiger partial charge is 0.188 e. The molecule has 50 heavy (non-hydrogen) atoms. The Hall–Kier alpha value is -6.86. The van der Waals surface area contributed by atoms with E-state index in [1.165, 1.54) is 25.6 Å². The van der Waals surface area contributed by atoms with E-state index in [4.69, 9.17) is 11.0 Å². The summed E-state index contributed by atoms with van der Waals surface area (Å²) >= 11 is 1.81. The van der Waals surface area contributed by atoms with Crippen molar-refractivity contribution < 1.29 is 4.42 Å². The summed E-state index contributed by atoms with van der Waals surface area (Å²) < 4.78 is 13.5. The minimum absolute atomic E-state index is 0.630. The van der Waals surface area contributed by atoms with E-state index in [-0.39, 0.29) is 0 Å². The number of hydrogen-bond acceptors (Lipinski definition) is 3. The van der Waals surface area contributed by atoms with Crippen LogP contribution >= 0.6 is 11.3 Å². The van der Waals surface area contributed by atoms with Gasteiger partial charge in [-0.25, -0.2) is 4.85 Å². The fraction of sp³-hybridized carbons (Fsp3) is 0. The molecule has 4 aromatic heterocycles. The van der Waals surface area contributed by atoms with E-state index >= 15 is 0 Å². The predicted octanol–water partition coefficient (Wildman–Crippen LogP) is 12.6. The first-order valence-corrected chi connectivity index (χ1v) is 17.2. The normalized spacial score (nSPS) is 12.0. The molecule has 0 amide bonds. The molecule has 0 saturated heterocycles. The van der Waals surface area contributed by atoms with Gasteiger partial charge in [-0.2, -0.15) is 5.26 Å². The van der Waals surface area contributed by atoms with E-state index in [9.17, 15) is 5.26 Å². The van der Waals surface area contributed by atoms with Crippen molar-refractivity contribution in [3.05, 3.63) is 150 Å². The molecule has 0 atom stereocenters. The fourth-order valence-electron chi connectivity index (χ4n) is 8.01. The zero-order valence-corrected chi connectivity index (χ0v) is 27.1. The minimum atomic E-state index is 0.630. The second-order valence-corrected chi connectivity index (χ2v) is 13.8. The van der Waals surface area contributed by atoms with Crippen molar-refractivity contribution in [2.45, 2.75) is 0 Å². The van der Waals surface area contributed by atoms with Crippen LogP contribution in [0.1, 0.15) is 5.56 Å². The number of fused-ring (bicyclic) bond motifs is 13. The van der Waals surface area contributed by atoms with Crippen LogP contribution in [0.3, 0.4) is 0 Å². The summed E-state index contributed by atoms with van der Waals surface area (Å²) in [4.78, 5) is 3.80. The van der Waals surface area contributed by atoms with Gasteiger partial charge in [-0.15, -0.1) is 11.3 Å². The highest BCUT2D eigenvalue weighted by molar-refractivity contribution is 7.26. The zero-order chi connectivity index (χ0) is 33.1. The lowest BCUT2D eigenvalue weighted by atomic mass is 10.1. The third-order valence-electron chi connectivity index (χ3n) is 10.1. The predicted molar refractivity (Wildman–Crippen MR) is 206 cm³/mol. The molecule has 0 aliphatic heterocycles. The van der Waals surface area contributed by atoms with Crippen molar-refractivity contribution in [1.82, 2.24) is 9.13 Å². The summed E-state index contributed by atoms with van der Waals surface area (Å²) in [5, 5.41) is 18.6. The lowest BCUT2D eigenvalue weighted by molar-refractivity contribution is 0.669. The largest absolute Gasteiger partial charge is 0.456 e. The molecule has 0 bridgehead atoms. The van der Waals surface area contributed by atoms with Gasteiger partial charge in [-0.05, 0) is 96.4 Å². The molecule has 0 unspecified atom stereocenters. The van der Waals surface area contributed by atoms with Gasteiger partial charge in [0.05, 0.1) is 40.3 Å². The first-order chi connectivity index (χ1) is 24.7. The quantitative estimate of drug-likeness (QED) is 0.174. The molecule has 230 valence electrons. The lowest BCUT2D eigenvalue weighted by Crippen LogP contribution is -1.94. The van der Waals surface area contributed by atoms with Gasteiger partial charge in [0, 0.05) is 58.5 Å². The third kappa shape index (κ3) is 3.58. The molecular weight excluding hydrogens is 633 g/mol. The van der Waals surface area contributed by atoms with Gasteiger partial charge in [0.1, 0.15) is 11.2 Å². The molecule has 0 fully saturated rings. The molecule has 0 aliphatic carbocycles. The Kier molecular flexibility index (Phi) is 5.34. The van der Waals surface area contributed by atoms with Crippen molar-refractivity contribution in [2.24, 2.45) is 0 Å². The monoisotopic (exact) mass is 654 g/mol. The summed E-state index contributed by atoms with van der Waals surface area (Å²) in [6.45, 7) is 7.78. The maximum Gasteiger partial charge on any atom is 0.188 e. The van der Waals surface area contributed by atoms with Gasteiger partial charge in [-0.3, -0.25) is 0 Å². The molecule has 0 spiro atoms. The van der Waals surface area contributed by atoms with Gasteiger partial charge >= 0.3 is 0 Å². The van der Waals surface area contributed by atoms with Gasteiger partial charge in [-0.1, -0.05) is 42.5 Å². The van der Waals surface area contributed by atoms with Crippen molar-refractivity contribution in [2.75, 3.05) is 0 Å². The number of furan rings is 1. The maximum absolute atomic E-state index is 9.62. The molecule has 0 N–H and O–H groups in total. The van der Waals surface area contributed by atoms with Crippen LogP contribution in [-0.4, -0.2) is 9.13 Å². The van der Waals surface area contributed by atoms with Crippen molar-refractivity contribution >= 4 is 103 Å². The average molecular weight is 655 g/mol.